The van der Waals surface area contributed by atoms with Gasteiger partial charge in [0.1, 0.15) is 5.82 Å². The van der Waals surface area contributed by atoms with E-state index in [1.807, 2.05) is 4.68 Å². The standard InChI is InChI=1S/C17H19ClFN3O2S/c18-13-9-20-21(10-13)16-7-14-5-6-15(8-16)22(14)25(23,24)11-12-3-1-2-4-17(12)19/h1-4,9-10,14-16H,5-8,11H2. The summed E-state index contributed by atoms with van der Waals surface area (Å²) in [6, 6.07) is 6.11. The molecule has 2 aliphatic rings. The number of sulfonamides is 1. The quantitative estimate of drug-likeness (QED) is 0.813. The van der Waals surface area contributed by atoms with E-state index in [2.05, 4.69) is 5.10 Å². The number of halogens is 2. The third kappa shape index (κ3) is 3.20. The Morgan fingerprint density at radius 3 is 2.44 bits per heavy atom. The van der Waals surface area contributed by atoms with Crippen LogP contribution in [0.25, 0.3) is 0 Å². The van der Waals surface area contributed by atoms with Crippen LogP contribution in [0.4, 0.5) is 4.39 Å². The molecule has 1 aromatic heterocycles. The zero-order valence-electron chi connectivity index (χ0n) is 13.6. The SMILES string of the molecule is O=S(=O)(Cc1ccccc1F)N1C2CCC1CC(n1cc(Cl)cn1)C2. The third-order valence-corrected chi connectivity index (χ3v) is 7.31. The molecule has 2 aliphatic heterocycles. The van der Waals surface area contributed by atoms with Crippen molar-refractivity contribution in [3.8, 4) is 0 Å². The van der Waals surface area contributed by atoms with E-state index in [4.69, 9.17) is 11.6 Å². The van der Waals surface area contributed by atoms with Crippen LogP contribution in [-0.4, -0.2) is 34.6 Å². The molecule has 0 N–H and O–H groups in total. The average molecular weight is 384 g/mol. The molecule has 0 aliphatic carbocycles. The molecule has 25 heavy (non-hydrogen) atoms. The lowest BCUT2D eigenvalue weighted by Gasteiger charge is -2.38. The van der Waals surface area contributed by atoms with Crippen LogP contribution in [0.5, 0.6) is 0 Å². The Morgan fingerprint density at radius 2 is 1.84 bits per heavy atom. The van der Waals surface area contributed by atoms with Gasteiger partial charge in [0, 0.05) is 23.8 Å². The molecule has 0 amide bonds. The average Bonchev–Trinajstić information content (AvgIpc) is 3.11. The van der Waals surface area contributed by atoms with Crippen molar-refractivity contribution in [3.05, 3.63) is 53.1 Å². The summed E-state index contributed by atoms with van der Waals surface area (Å²) in [5, 5.41) is 4.85. The van der Waals surface area contributed by atoms with Crippen molar-refractivity contribution >= 4 is 21.6 Å². The summed E-state index contributed by atoms with van der Waals surface area (Å²) in [4.78, 5) is 0. The Bertz CT molecular complexity index is 872. The second kappa shape index (κ2) is 6.37. The van der Waals surface area contributed by atoms with Gasteiger partial charge in [0.05, 0.1) is 23.0 Å². The number of benzene rings is 1. The van der Waals surface area contributed by atoms with Crippen LogP contribution in [0.15, 0.2) is 36.7 Å². The Hall–Kier alpha value is -1.44. The highest BCUT2D eigenvalue weighted by Gasteiger charge is 2.47. The van der Waals surface area contributed by atoms with Crippen molar-refractivity contribution < 1.29 is 12.8 Å². The molecular formula is C17H19ClFN3O2S. The lowest BCUT2D eigenvalue weighted by Crippen LogP contribution is -2.47. The Morgan fingerprint density at radius 1 is 1.16 bits per heavy atom. The van der Waals surface area contributed by atoms with Crippen LogP contribution in [-0.2, 0) is 15.8 Å². The molecule has 2 bridgehead atoms. The predicted octanol–water partition coefficient (Wildman–Crippen LogP) is 3.37. The number of nitrogens with zero attached hydrogens (tertiary/aromatic N) is 3. The number of aromatic nitrogens is 2. The molecule has 4 rings (SSSR count). The van der Waals surface area contributed by atoms with E-state index in [1.165, 1.54) is 12.1 Å². The Kier molecular flexibility index (Phi) is 4.33. The molecule has 3 heterocycles. The van der Waals surface area contributed by atoms with Gasteiger partial charge in [-0.3, -0.25) is 4.68 Å². The largest absolute Gasteiger partial charge is 0.268 e. The maximum atomic E-state index is 13.9. The van der Waals surface area contributed by atoms with Crippen LogP contribution < -0.4 is 0 Å². The van der Waals surface area contributed by atoms with E-state index in [0.29, 0.717) is 17.9 Å². The van der Waals surface area contributed by atoms with Crippen LogP contribution in [0.2, 0.25) is 5.02 Å². The highest BCUT2D eigenvalue weighted by Crippen LogP contribution is 2.43. The minimum Gasteiger partial charge on any atom is -0.268 e. The number of hydrogen-bond acceptors (Lipinski definition) is 3. The van der Waals surface area contributed by atoms with E-state index in [0.717, 1.165) is 12.8 Å². The molecule has 1 aromatic carbocycles. The normalized spacial score (nSPS) is 26.9. The van der Waals surface area contributed by atoms with Gasteiger partial charge in [0.2, 0.25) is 10.0 Å². The Balaban J connectivity index is 1.55. The van der Waals surface area contributed by atoms with Gasteiger partial charge in [0.25, 0.3) is 0 Å². The summed E-state index contributed by atoms with van der Waals surface area (Å²) < 4.78 is 43.2. The predicted molar refractivity (Wildman–Crippen MR) is 93.2 cm³/mol. The maximum absolute atomic E-state index is 13.9. The number of rotatable bonds is 4. The van der Waals surface area contributed by atoms with E-state index < -0.39 is 15.8 Å². The molecule has 0 radical (unpaired) electrons. The number of hydrogen-bond donors (Lipinski definition) is 0. The van der Waals surface area contributed by atoms with Gasteiger partial charge in [0.15, 0.2) is 0 Å². The van der Waals surface area contributed by atoms with Gasteiger partial charge in [-0.1, -0.05) is 29.8 Å². The van der Waals surface area contributed by atoms with E-state index >= 15 is 0 Å². The van der Waals surface area contributed by atoms with Gasteiger partial charge in [-0.2, -0.15) is 9.40 Å². The zero-order valence-corrected chi connectivity index (χ0v) is 15.1. The highest BCUT2D eigenvalue weighted by atomic mass is 35.5. The number of piperidine rings is 1. The van der Waals surface area contributed by atoms with Gasteiger partial charge >= 0.3 is 0 Å². The van der Waals surface area contributed by atoms with Crippen LogP contribution in [0.3, 0.4) is 0 Å². The first-order valence-electron chi connectivity index (χ1n) is 8.38. The topological polar surface area (TPSA) is 55.2 Å². The van der Waals surface area contributed by atoms with Crippen molar-refractivity contribution in [2.24, 2.45) is 0 Å². The van der Waals surface area contributed by atoms with Crippen molar-refractivity contribution in [1.29, 1.82) is 0 Å². The monoisotopic (exact) mass is 383 g/mol. The summed E-state index contributed by atoms with van der Waals surface area (Å²) >= 11 is 5.95. The molecule has 134 valence electrons. The van der Waals surface area contributed by atoms with E-state index in [1.54, 1.807) is 28.8 Å². The van der Waals surface area contributed by atoms with Crippen molar-refractivity contribution in [2.45, 2.75) is 49.6 Å². The van der Waals surface area contributed by atoms with Crippen LogP contribution in [0.1, 0.15) is 37.3 Å². The summed E-state index contributed by atoms with van der Waals surface area (Å²) in [6.07, 6.45) is 6.50. The maximum Gasteiger partial charge on any atom is 0.218 e. The summed E-state index contributed by atoms with van der Waals surface area (Å²) in [5.41, 5.74) is 0.225. The highest BCUT2D eigenvalue weighted by molar-refractivity contribution is 7.88. The fourth-order valence-electron chi connectivity index (χ4n) is 4.18. The first-order chi connectivity index (χ1) is 11.9. The zero-order chi connectivity index (χ0) is 17.6. The first kappa shape index (κ1) is 17.0. The third-order valence-electron chi connectivity index (χ3n) is 5.20. The lowest BCUT2D eigenvalue weighted by atomic mass is 10.00. The molecule has 2 aromatic rings. The second-order valence-electron chi connectivity index (χ2n) is 6.83. The lowest BCUT2D eigenvalue weighted by molar-refractivity contribution is 0.184. The van der Waals surface area contributed by atoms with Crippen LogP contribution >= 0.6 is 11.6 Å². The fourth-order valence-corrected chi connectivity index (χ4v) is 6.39. The van der Waals surface area contributed by atoms with E-state index in [-0.39, 0.29) is 29.4 Å². The molecule has 5 nitrogen and oxygen atoms in total. The van der Waals surface area contributed by atoms with Gasteiger partial charge in [-0.15, -0.1) is 0 Å². The fraction of sp³-hybridized carbons (Fsp3) is 0.471. The van der Waals surface area contributed by atoms with Gasteiger partial charge in [-0.05, 0) is 31.7 Å². The molecule has 8 heteroatoms. The molecule has 0 saturated carbocycles. The molecule has 2 unspecified atom stereocenters. The van der Waals surface area contributed by atoms with Crippen LogP contribution in [0, 0.1) is 5.82 Å². The molecule has 0 spiro atoms. The second-order valence-corrected chi connectivity index (χ2v) is 9.14. The Labute approximate surface area is 151 Å². The smallest absolute Gasteiger partial charge is 0.218 e. The summed E-state index contributed by atoms with van der Waals surface area (Å²) in [6.45, 7) is 0. The first-order valence-corrected chi connectivity index (χ1v) is 10.4. The molecule has 2 atom stereocenters. The van der Waals surface area contributed by atoms with Crippen molar-refractivity contribution in [1.82, 2.24) is 14.1 Å². The summed E-state index contributed by atoms with van der Waals surface area (Å²) in [7, 11) is -3.56. The van der Waals surface area contributed by atoms with Crippen molar-refractivity contribution in [3.63, 3.8) is 0 Å². The molecule has 2 saturated heterocycles. The molecule has 2 fully saturated rings. The van der Waals surface area contributed by atoms with E-state index in [9.17, 15) is 12.8 Å². The summed E-state index contributed by atoms with van der Waals surface area (Å²) in [5.74, 6) is -0.759. The van der Waals surface area contributed by atoms with Gasteiger partial charge < -0.3 is 0 Å². The number of fused-ring (bicyclic) bond motifs is 2. The van der Waals surface area contributed by atoms with Crippen molar-refractivity contribution in [2.75, 3.05) is 0 Å². The van der Waals surface area contributed by atoms with Gasteiger partial charge in [-0.25, -0.2) is 12.8 Å². The minimum atomic E-state index is -3.56. The minimum absolute atomic E-state index is 0.0523. The molecular weight excluding hydrogens is 365 g/mol.